The fraction of sp³-hybridized carbons (Fsp3) is 0.733. The Morgan fingerprint density at radius 1 is 1.50 bits per heavy atom. The van der Waals surface area contributed by atoms with Gasteiger partial charge in [-0.1, -0.05) is 6.92 Å². The highest BCUT2D eigenvalue weighted by molar-refractivity contribution is 7.11. The fourth-order valence-corrected chi connectivity index (χ4v) is 3.74. The van der Waals surface area contributed by atoms with Crippen molar-refractivity contribution in [3.63, 3.8) is 0 Å². The highest BCUT2D eigenvalue weighted by Crippen LogP contribution is 2.18. The minimum Gasteiger partial charge on any atom is -0.356 e. The number of nitrogens with zero attached hydrogens (tertiary/aromatic N) is 3. The third kappa shape index (κ3) is 3.95. The van der Waals surface area contributed by atoms with E-state index < -0.39 is 0 Å². The number of hydrogen-bond donors (Lipinski definition) is 1. The third-order valence-corrected chi connectivity index (χ3v) is 4.94. The molecule has 5 heteroatoms. The van der Waals surface area contributed by atoms with Gasteiger partial charge in [-0.15, -0.1) is 11.3 Å². The third-order valence-electron chi connectivity index (χ3n) is 3.80. The molecule has 1 N–H and O–H groups in total. The molecule has 0 amide bonds. The number of guanidine groups is 1. The van der Waals surface area contributed by atoms with E-state index in [0.717, 1.165) is 42.9 Å². The van der Waals surface area contributed by atoms with Crippen LogP contribution in [0.1, 0.15) is 35.3 Å². The van der Waals surface area contributed by atoms with Gasteiger partial charge in [0.05, 0.1) is 10.7 Å². The van der Waals surface area contributed by atoms with Crippen molar-refractivity contribution in [2.75, 3.05) is 26.7 Å². The molecule has 1 unspecified atom stereocenters. The molecule has 2 heterocycles. The number of hydrogen-bond acceptors (Lipinski definition) is 3. The van der Waals surface area contributed by atoms with Crippen LogP contribution in [-0.2, 0) is 6.42 Å². The average molecular weight is 294 g/mol. The van der Waals surface area contributed by atoms with Gasteiger partial charge in [-0.3, -0.25) is 4.99 Å². The van der Waals surface area contributed by atoms with Crippen LogP contribution >= 0.6 is 11.3 Å². The van der Waals surface area contributed by atoms with Crippen LogP contribution in [0.4, 0.5) is 0 Å². The summed E-state index contributed by atoms with van der Waals surface area (Å²) >= 11 is 1.81. The lowest BCUT2D eigenvalue weighted by Gasteiger charge is -2.33. The van der Waals surface area contributed by atoms with Gasteiger partial charge in [0, 0.05) is 38.0 Å². The van der Waals surface area contributed by atoms with Gasteiger partial charge in [-0.25, -0.2) is 4.98 Å². The number of aryl methyl sites for hydroxylation is 2. The number of aromatic nitrogens is 1. The van der Waals surface area contributed by atoms with Crippen LogP contribution in [0.25, 0.3) is 0 Å². The van der Waals surface area contributed by atoms with Gasteiger partial charge < -0.3 is 10.2 Å². The van der Waals surface area contributed by atoms with E-state index in [-0.39, 0.29) is 0 Å². The summed E-state index contributed by atoms with van der Waals surface area (Å²) in [5.74, 6) is 1.82. The second kappa shape index (κ2) is 7.07. The fourth-order valence-electron chi connectivity index (χ4n) is 2.81. The van der Waals surface area contributed by atoms with Crippen molar-refractivity contribution in [2.45, 2.75) is 40.0 Å². The summed E-state index contributed by atoms with van der Waals surface area (Å²) in [7, 11) is 1.88. The maximum absolute atomic E-state index is 4.48. The Labute approximate surface area is 126 Å². The largest absolute Gasteiger partial charge is 0.356 e. The van der Waals surface area contributed by atoms with Crippen LogP contribution in [0.15, 0.2) is 4.99 Å². The van der Waals surface area contributed by atoms with Crippen molar-refractivity contribution in [2.24, 2.45) is 10.9 Å². The molecule has 1 aliphatic heterocycles. The maximum Gasteiger partial charge on any atom is 0.193 e. The summed E-state index contributed by atoms with van der Waals surface area (Å²) in [4.78, 5) is 12.7. The maximum atomic E-state index is 4.48. The number of thiazole rings is 1. The van der Waals surface area contributed by atoms with Gasteiger partial charge in [-0.05, 0) is 32.6 Å². The van der Waals surface area contributed by atoms with Crippen LogP contribution in [0.3, 0.4) is 0 Å². The first kappa shape index (κ1) is 15.3. The first-order valence-corrected chi connectivity index (χ1v) is 8.30. The molecular weight excluding hydrogens is 268 g/mol. The lowest BCUT2D eigenvalue weighted by molar-refractivity contribution is 0.266. The smallest absolute Gasteiger partial charge is 0.193 e. The Bertz CT molecular complexity index is 466. The zero-order valence-electron chi connectivity index (χ0n) is 13.1. The molecule has 112 valence electrons. The molecule has 0 aromatic carbocycles. The summed E-state index contributed by atoms with van der Waals surface area (Å²) < 4.78 is 0. The van der Waals surface area contributed by atoms with Crippen molar-refractivity contribution >= 4 is 17.3 Å². The van der Waals surface area contributed by atoms with Crippen LogP contribution < -0.4 is 5.32 Å². The zero-order chi connectivity index (χ0) is 14.5. The molecule has 4 nitrogen and oxygen atoms in total. The highest BCUT2D eigenvalue weighted by Gasteiger charge is 2.18. The molecule has 0 spiro atoms. The van der Waals surface area contributed by atoms with Crippen molar-refractivity contribution in [1.82, 2.24) is 15.2 Å². The Balaban J connectivity index is 1.84. The van der Waals surface area contributed by atoms with E-state index in [1.165, 1.54) is 23.4 Å². The van der Waals surface area contributed by atoms with Crippen LogP contribution in [0.5, 0.6) is 0 Å². The van der Waals surface area contributed by atoms with E-state index in [4.69, 9.17) is 0 Å². The standard InChI is InChI=1S/C15H26N4S/c1-11-6-5-9-19(10-11)15(16-4)17-8-7-14-12(2)18-13(3)20-14/h11H,5-10H2,1-4H3,(H,16,17). The monoisotopic (exact) mass is 294 g/mol. The number of rotatable bonds is 3. The van der Waals surface area contributed by atoms with Crippen LogP contribution in [-0.4, -0.2) is 42.5 Å². The van der Waals surface area contributed by atoms with E-state index in [1.54, 1.807) is 11.3 Å². The van der Waals surface area contributed by atoms with Gasteiger partial charge in [-0.2, -0.15) is 0 Å². The Morgan fingerprint density at radius 3 is 2.90 bits per heavy atom. The molecule has 1 saturated heterocycles. The van der Waals surface area contributed by atoms with Crippen LogP contribution in [0, 0.1) is 19.8 Å². The molecular formula is C15H26N4S. The SMILES string of the molecule is CN=C(NCCc1sc(C)nc1C)N1CCCC(C)C1. The van der Waals surface area contributed by atoms with E-state index in [0.29, 0.717) is 0 Å². The quantitative estimate of drug-likeness (QED) is 0.688. The number of aliphatic imine (C=N–C) groups is 1. The lowest BCUT2D eigenvalue weighted by Crippen LogP contribution is -2.46. The van der Waals surface area contributed by atoms with Gasteiger partial charge in [0.25, 0.3) is 0 Å². The molecule has 1 fully saturated rings. The zero-order valence-corrected chi connectivity index (χ0v) is 13.9. The Morgan fingerprint density at radius 2 is 2.30 bits per heavy atom. The minimum atomic E-state index is 0.772. The topological polar surface area (TPSA) is 40.5 Å². The van der Waals surface area contributed by atoms with E-state index in [1.807, 2.05) is 7.05 Å². The molecule has 1 aliphatic rings. The van der Waals surface area contributed by atoms with Crippen molar-refractivity contribution in [1.29, 1.82) is 0 Å². The summed E-state index contributed by atoms with van der Waals surface area (Å²) in [6.07, 6.45) is 3.64. The summed E-state index contributed by atoms with van der Waals surface area (Å²) in [6, 6.07) is 0. The Hall–Kier alpha value is -1.10. The number of likely N-dealkylation sites (tertiary alicyclic amines) is 1. The first-order valence-electron chi connectivity index (χ1n) is 7.48. The molecule has 1 aromatic heterocycles. The van der Waals surface area contributed by atoms with Crippen LogP contribution in [0.2, 0.25) is 0 Å². The minimum absolute atomic E-state index is 0.772. The van der Waals surface area contributed by atoms with Gasteiger partial charge in [0.1, 0.15) is 0 Å². The highest BCUT2D eigenvalue weighted by atomic mass is 32.1. The lowest BCUT2D eigenvalue weighted by atomic mass is 10.0. The van der Waals surface area contributed by atoms with Crippen molar-refractivity contribution < 1.29 is 0 Å². The normalized spacial score (nSPS) is 20.3. The van der Waals surface area contributed by atoms with Crippen molar-refractivity contribution in [3.8, 4) is 0 Å². The van der Waals surface area contributed by atoms with E-state index in [9.17, 15) is 0 Å². The first-order chi connectivity index (χ1) is 9.60. The van der Waals surface area contributed by atoms with Crippen molar-refractivity contribution in [3.05, 3.63) is 15.6 Å². The number of piperidine rings is 1. The molecule has 1 atom stereocenters. The molecule has 0 radical (unpaired) electrons. The number of nitrogens with one attached hydrogen (secondary N) is 1. The van der Waals surface area contributed by atoms with Gasteiger partial charge in [0.15, 0.2) is 5.96 Å². The molecule has 20 heavy (non-hydrogen) atoms. The molecule has 0 aliphatic carbocycles. The predicted octanol–water partition coefficient (Wildman–Crippen LogP) is 2.61. The molecule has 1 aromatic rings. The summed E-state index contributed by atoms with van der Waals surface area (Å²) in [5.41, 5.74) is 1.18. The van der Waals surface area contributed by atoms with E-state index in [2.05, 4.69) is 41.0 Å². The Kier molecular flexibility index (Phi) is 5.40. The second-order valence-electron chi connectivity index (χ2n) is 5.66. The summed E-state index contributed by atoms with van der Waals surface area (Å²) in [5, 5.41) is 4.66. The summed E-state index contributed by atoms with van der Waals surface area (Å²) in [6.45, 7) is 9.67. The van der Waals surface area contributed by atoms with Gasteiger partial charge in [0.2, 0.25) is 0 Å². The molecule has 0 saturated carbocycles. The predicted molar refractivity (Wildman–Crippen MR) is 86.6 cm³/mol. The average Bonchev–Trinajstić information content (AvgIpc) is 2.73. The van der Waals surface area contributed by atoms with E-state index >= 15 is 0 Å². The molecule has 2 rings (SSSR count). The molecule has 0 bridgehead atoms. The second-order valence-corrected chi connectivity index (χ2v) is 6.95. The van der Waals surface area contributed by atoms with Gasteiger partial charge >= 0.3 is 0 Å².